The van der Waals surface area contributed by atoms with Crippen LogP contribution in [0.15, 0.2) is 16.2 Å². The van der Waals surface area contributed by atoms with E-state index in [9.17, 15) is 4.79 Å². The molecule has 0 N–H and O–H groups in total. The van der Waals surface area contributed by atoms with Crippen molar-refractivity contribution in [3.8, 4) is 0 Å². The van der Waals surface area contributed by atoms with Gasteiger partial charge in [0, 0.05) is 18.1 Å². The molecule has 0 radical (unpaired) electrons. The lowest BCUT2D eigenvalue weighted by molar-refractivity contribution is 0.0761. The number of rotatable bonds is 5. The van der Waals surface area contributed by atoms with E-state index in [0.717, 1.165) is 47.6 Å². The lowest BCUT2D eigenvalue weighted by Gasteiger charge is -2.15. The van der Waals surface area contributed by atoms with Gasteiger partial charge >= 0.3 is 0 Å². The summed E-state index contributed by atoms with van der Waals surface area (Å²) in [6.07, 6.45) is 4.26. The number of fused-ring (bicyclic) bond motifs is 1. The summed E-state index contributed by atoms with van der Waals surface area (Å²) in [5.41, 5.74) is 3.03. The van der Waals surface area contributed by atoms with E-state index in [1.54, 1.807) is 17.4 Å². The van der Waals surface area contributed by atoms with Crippen LogP contribution in [0.3, 0.4) is 0 Å². The van der Waals surface area contributed by atoms with Crippen molar-refractivity contribution in [2.24, 2.45) is 0 Å². The maximum absolute atomic E-state index is 12.2. The van der Waals surface area contributed by atoms with Gasteiger partial charge in [-0.05, 0) is 45.1 Å². The molecule has 2 heterocycles. The monoisotopic (exact) mass is 319 g/mol. The van der Waals surface area contributed by atoms with Gasteiger partial charge in [-0.3, -0.25) is 4.79 Å². The van der Waals surface area contributed by atoms with Crippen LogP contribution in [0.25, 0.3) is 0 Å². The van der Waals surface area contributed by atoms with Crippen LogP contribution >= 0.6 is 11.3 Å². The number of hydrogen-bond donors (Lipinski definition) is 0. The molecule has 0 bridgehead atoms. The largest absolute Gasteiger partial charge is 0.372 e. The predicted octanol–water partition coefficient (Wildman–Crippen LogP) is 2.72. The fourth-order valence-electron chi connectivity index (χ4n) is 2.77. The lowest BCUT2D eigenvalue weighted by Crippen LogP contribution is -2.26. The van der Waals surface area contributed by atoms with Crippen LogP contribution in [0, 0.1) is 0 Å². The van der Waals surface area contributed by atoms with E-state index in [1.165, 1.54) is 4.68 Å². The zero-order valence-corrected chi connectivity index (χ0v) is 13.9. The average molecular weight is 319 g/mol. The number of thiazole rings is 1. The minimum Gasteiger partial charge on any atom is -0.372 e. The number of nitrogens with zero attached hydrogens (tertiary/aromatic N) is 3. The molecule has 0 amide bonds. The van der Waals surface area contributed by atoms with Gasteiger partial charge in [-0.1, -0.05) is 0 Å². The molecule has 1 aliphatic carbocycles. The van der Waals surface area contributed by atoms with Gasteiger partial charge in [0.2, 0.25) is 0 Å². The summed E-state index contributed by atoms with van der Waals surface area (Å²) in [5, 5.41) is 7.47. The van der Waals surface area contributed by atoms with Crippen LogP contribution in [0.2, 0.25) is 0 Å². The van der Waals surface area contributed by atoms with E-state index in [2.05, 4.69) is 10.1 Å². The Bertz CT molecular complexity index is 708. The predicted molar refractivity (Wildman–Crippen MR) is 86.4 cm³/mol. The molecule has 118 valence electrons. The summed E-state index contributed by atoms with van der Waals surface area (Å²) in [6, 6.07) is 1.75. The zero-order chi connectivity index (χ0) is 15.5. The Morgan fingerprint density at radius 1 is 1.41 bits per heavy atom. The normalized spacial score (nSPS) is 15.5. The molecule has 0 fully saturated rings. The van der Waals surface area contributed by atoms with Crippen molar-refractivity contribution in [1.29, 1.82) is 0 Å². The number of hydrogen-bond acceptors (Lipinski definition) is 5. The lowest BCUT2D eigenvalue weighted by atomic mass is 9.97. The Kier molecular flexibility index (Phi) is 4.69. The first-order valence-corrected chi connectivity index (χ1v) is 8.71. The third-order valence-corrected chi connectivity index (χ3v) is 4.97. The van der Waals surface area contributed by atoms with Gasteiger partial charge in [0.25, 0.3) is 5.56 Å². The molecule has 2 aromatic heterocycles. The number of ether oxygens (including phenoxy) is 1. The van der Waals surface area contributed by atoms with Gasteiger partial charge in [0.05, 0.1) is 17.9 Å². The van der Waals surface area contributed by atoms with Gasteiger partial charge in [0.1, 0.15) is 11.1 Å². The molecular formula is C16H21N3O2S. The molecule has 1 atom stereocenters. The quantitative estimate of drug-likeness (QED) is 0.850. The van der Waals surface area contributed by atoms with E-state index in [0.29, 0.717) is 13.2 Å². The summed E-state index contributed by atoms with van der Waals surface area (Å²) in [6.45, 7) is 5.07. The molecular weight excluding hydrogens is 298 g/mol. The molecule has 0 aromatic carbocycles. The molecule has 5 nitrogen and oxygen atoms in total. The second kappa shape index (κ2) is 6.71. The molecule has 0 aliphatic heterocycles. The molecule has 0 spiro atoms. The summed E-state index contributed by atoms with van der Waals surface area (Å²) in [5.74, 6) is 0. The van der Waals surface area contributed by atoms with Crippen LogP contribution in [0.5, 0.6) is 0 Å². The first kappa shape index (κ1) is 15.4. The third-order valence-electron chi connectivity index (χ3n) is 3.92. The Labute approximate surface area is 134 Å². The van der Waals surface area contributed by atoms with E-state index < -0.39 is 0 Å². The first-order chi connectivity index (χ1) is 10.7. The summed E-state index contributed by atoms with van der Waals surface area (Å²) in [4.78, 5) is 16.8. The summed E-state index contributed by atoms with van der Waals surface area (Å²) >= 11 is 1.57. The minimum absolute atomic E-state index is 0.00281. The summed E-state index contributed by atoms with van der Waals surface area (Å²) < 4.78 is 7.09. The van der Waals surface area contributed by atoms with Gasteiger partial charge in [-0.25, -0.2) is 9.67 Å². The maximum Gasteiger partial charge on any atom is 0.267 e. The van der Waals surface area contributed by atoms with Crippen LogP contribution in [-0.2, 0) is 24.1 Å². The van der Waals surface area contributed by atoms with Crippen molar-refractivity contribution < 1.29 is 4.74 Å². The minimum atomic E-state index is -0.0342. The van der Waals surface area contributed by atoms with E-state index >= 15 is 0 Å². The standard InChI is InChI=1S/C16H21N3O2S/c1-3-21-11(2)16-17-13(10-22-16)9-19-15(20)8-12-6-4-5-7-14(12)18-19/h8,10-11H,3-7,9H2,1-2H3. The van der Waals surface area contributed by atoms with Crippen molar-refractivity contribution in [3.63, 3.8) is 0 Å². The van der Waals surface area contributed by atoms with Crippen LogP contribution in [0.4, 0.5) is 0 Å². The van der Waals surface area contributed by atoms with Crippen LogP contribution < -0.4 is 5.56 Å². The second-order valence-corrected chi connectivity index (χ2v) is 6.48. The highest BCUT2D eigenvalue weighted by atomic mass is 32.1. The Hall–Kier alpha value is -1.53. The van der Waals surface area contributed by atoms with E-state index in [-0.39, 0.29) is 11.7 Å². The van der Waals surface area contributed by atoms with Gasteiger partial charge in [-0.15, -0.1) is 11.3 Å². The fraction of sp³-hybridized carbons (Fsp3) is 0.562. The highest BCUT2D eigenvalue weighted by Crippen LogP contribution is 2.21. The highest BCUT2D eigenvalue weighted by Gasteiger charge is 2.15. The molecule has 3 rings (SSSR count). The van der Waals surface area contributed by atoms with E-state index in [1.807, 2.05) is 19.2 Å². The SMILES string of the molecule is CCOC(C)c1nc(Cn2nc3c(cc2=O)CCCC3)cs1. The van der Waals surface area contributed by atoms with Gasteiger partial charge in [-0.2, -0.15) is 5.10 Å². The van der Waals surface area contributed by atoms with Crippen LogP contribution in [0.1, 0.15) is 54.8 Å². The molecule has 0 saturated heterocycles. The van der Waals surface area contributed by atoms with Gasteiger partial charge < -0.3 is 4.74 Å². The highest BCUT2D eigenvalue weighted by molar-refractivity contribution is 7.09. The Morgan fingerprint density at radius 3 is 3.05 bits per heavy atom. The topological polar surface area (TPSA) is 57.0 Å². The fourth-order valence-corrected chi connectivity index (χ4v) is 3.58. The zero-order valence-electron chi connectivity index (χ0n) is 13.0. The molecule has 1 aliphatic rings. The van der Waals surface area contributed by atoms with Crippen molar-refractivity contribution in [2.45, 2.75) is 52.2 Å². The number of aromatic nitrogens is 3. The first-order valence-electron chi connectivity index (χ1n) is 7.83. The van der Waals surface area contributed by atoms with Crippen LogP contribution in [-0.4, -0.2) is 21.4 Å². The van der Waals surface area contributed by atoms with Crippen molar-refractivity contribution in [3.05, 3.63) is 43.8 Å². The third kappa shape index (κ3) is 3.28. The van der Waals surface area contributed by atoms with E-state index in [4.69, 9.17) is 4.74 Å². The molecule has 1 unspecified atom stereocenters. The van der Waals surface area contributed by atoms with Gasteiger partial charge in [0.15, 0.2) is 0 Å². The van der Waals surface area contributed by atoms with Crippen molar-refractivity contribution in [1.82, 2.24) is 14.8 Å². The second-order valence-electron chi connectivity index (χ2n) is 5.59. The Balaban J connectivity index is 1.80. The number of aryl methyl sites for hydroxylation is 2. The average Bonchev–Trinajstić information content (AvgIpc) is 2.97. The molecule has 0 saturated carbocycles. The molecule has 22 heavy (non-hydrogen) atoms. The maximum atomic E-state index is 12.2. The van der Waals surface area contributed by atoms with Crippen molar-refractivity contribution >= 4 is 11.3 Å². The Morgan fingerprint density at radius 2 is 2.23 bits per heavy atom. The molecule has 2 aromatic rings. The van der Waals surface area contributed by atoms with Crippen molar-refractivity contribution in [2.75, 3.05) is 6.61 Å². The molecule has 6 heteroatoms. The smallest absolute Gasteiger partial charge is 0.267 e. The summed E-state index contributed by atoms with van der Waals surface area (Å²) in [7, 11) is 0.